The molecule has 0 heterocycles. The van der Waals surface area contributed by atoms with Gasteiger partial charge in [-0.2, -0.15) is 11.5 Å². The predicted octanol–water partition coefficient (Wildman–Crippen LogP) is 1.93. The highest BCUT2D eigenvalue weighted by Crippen LogP contribution is 2.03. The molecule has 2 heteroatoms. The van der Waals surface area contributed by atoms with Crippen molar-refractivity contribution in [3.63, 3.8) is 0 Å². The number of anilines is 1. The molecule has 0 spiro atoms. The first-order valence-corrected chi connectivity index (χ1v) is 2.61. The third-order valence-electron chi connectivity index (χ3n) is 0.959. The molecule has 44 valence electrons. The van der Waals surface area contributed by atoms with Crippen LogP contribution in [-0.4, -0.2) is 0 Å². The normalized spacial score (nSPS) is 7.89. The Balaban J connectivity index is 2.76. The van der Waals surface area contributed by atoms with Crippen molar-refractivity contribution in [2.24, 2.45) is 0 Å². The second-order valence-corrected chi connectivity index (χ2v) is 1.59. The molecule has 0 aliphatic heterocycles. The van der Waals surface area contributed by atoms with Crippen molar-refractivity contribution in [3.05, 3.63) is 41.9 Å². The second kappa shape index (κ2) is 2.73. The van der Waals surface area contributed by atoms with E-state index >= 15 is 0 Å². The third-order valence-corrected chi connectivity index (χ3v) is 0.959. The van der Waals surface area contributed by atoms with Crippen molar-refractivity contribution in [2.45, 2.75) is 0 Å². The van der Waals surface area contributed by atoms with Gasteiger partial charge in [0.25, 0.3) is 0 Å². The molecular formula is C7H6N2. The van der Waals surface area contributed by atoms with Gasteiger partial charge in [0.2, 0.25) is 0 Å². The Kier molecular flexibility index (Phi) is 1.71. The molecule has 0 amide bonds. The van der Waals surface area contributed by atoms with Crippen molar-refractivity contribution in [3.8, 4) is 0 Å². The Morgan fingerprint density at radius 3 is 2.44 bits per heavy atom. The summed E-state index contributed by atoms with van der Waals surface area (Å²) in [5.41, 5.74) is 3.34. The molecule has 2 nitrogen and oxygen atoms in total. The van der Waals surface area contributed by atoms with E-state index in [2.05, 4.69) is 10.4 Å². The van der Waals surface area contributed by atoms with Crippen molar-refractivity contribution in [2.75, 3.05) is 5.43 Å². The molecule has 0 bridgehead atoms. The maximum Gasteiger partial charge on any atom is 0.110 e. The third kappa shape index (κ3) is 1.46. The molecule has 0 atom stereocenters. The molecule has 0 aliphatic rings. The van der Waals surface area contributed by atoms with Crippen LogP contribution in [-0.2, 0) is 0 Å². The number of nitrogens with zero attached hydrogens (tertiary/aromatic N) is 1. The fraction of sp³-hybridized carbons (Fsp3) is 0. The number of rotatable bonds is 1. The molecule has 0 saturated heterocycles. The van der Waals surface area contributed by atoms with Crippen LogP contribution in [0.4, 0.5) is 5.69 Å². The van der Waals surface area contributed by atoms with Crippen molar-refractivity contribution in [1.29, 1.82) is 0 Å². The van der Waals surface area contributed by atoms with E-state index < -0.39 is 0 Å². The fourth-order valence-corrected chi connectivity index (χ4v) is 0.577. The SMILES string of the molecule is [C-]#[N+]Nc1ccccc1. The first-order valence-electron chi connectivity index (χ1n) is 2.61. The molecule has 0 aromatic heterocycles. The van der Waals surface area contributed by atoms with Gasteiger partial charge in [0.15, 0.2) is 0 Å². The summed E-state index contributed by atoms with van der Waals surface area (Å²) in [6.07, 6.45) is 0. The molecule has 1 rings (SSSR count). The molecular weight excluding hydrogens is 112 g/mol. The van der Waals surface area contributed by atoms with Crippen LogP contribution in [0.2, 0.25) is 0 Å². The predicted molar refractivity (Wildman–Crippen MR) is 36.7 cm³/mol. The number of hydrogen-bond donors (Lipinski definition) is 1. The minimum atomic E-state index is 0.840. The Morgan fingerprint density at radius 1 is 1.22 bits per heavy atom. The van der Waals surface area contributed by atoms with Gasteiger partial charge in [0.1, 0.15) is 5.69 Å². The first kappa shape index (κ1) is 5.64. The van der Waals surface area contributed by atoms with Gasteiger partial charge in [-0.05, 0) is 12.1 Å². The van der Waals surface area contributed by atoms with Crippen molar-refractivity contribution >= 4 is 5.69 Å². The van der Waals surface area contributed by atoms with E-state index in [-0.39, 0.29) is 0 Å². The number of hydrogen-bond acceptors (Lipinski definition) is 1. The van der Waals surface area contributed by atoms with E-state index in [0.29, 0.717) is 0 Å². The van der Waals surface area contributed by atoms with E-state index in [9.17, 15) is 0 Å². The number of benzene rings is 1. The van der Waals surface area contributed by atoms with Crippen LogP contribution < -0.4 is 5.43 Å². The lowest BCUT2D eigenvalue weighted by atomic mass is 10.3. The minimum Gasteiger partial charge on any atom is -0.184 e. The fourth-order valence-electron chi connectivity index (χ4n) is 0.577. The molecule has 0 fully saturated rings. The lowest BCUT2D eigenvalue weighted by Crippen LogP contribution is -1.80. The van der Waals surface area contributed by atoms with E-state index in [0.717, 1.165) is 5.69 Å². The van der Waals surface area contributed by atoms with Crippen LogP contribution in [0, 0.1) is 6.57 Å². The van der Waals surface area contributed by atoms with Gasteiger partial charge in [0, 0.05) is 0 Å². The van der Waals surface area contributed by atoms with Gasteiger partial charge in [-0.25, -0.2) is 0 Å². The summed E-state index contributed by atoms with van der Waals surface area (Å²) in [4.78, 5) is 3.01. The Hall–Kier alpha value is -1.49. The van der Waals surface area contributed by atoms with Gasteiger partial charge >= 0.3 is 0 Å². The zero-order chi connectivity index (χ0) is 6.53. The minimum absolute atomic E-state index is 0.840. The van der Waals surface area contributed by atoms with Gasteiger partial charge < -0.3 is 0 Å². The molecule has 0 aliphatic carbocycles. The van der Waals surface area contributed by atoms with Gasteiger partial charge in [-0.15, -0.1) is 0 Å². The topological polar surface area (TPSA) is 16.4 Å². The average Bonchev–Trinajstić information content (AvgIpc) is 1.91. The van der Waals surface area contributed by atoms with Crippen molar-refractivity contribution in [1.82, 2.24) is 0 Å². The summed E-state index contributed by atoms with van der Waals surface area (Å²) in [5.74, 6) is 0. The van der Waals surface area contributed by atoms with E-state index in [1.165, 1.54) is 0 Å². The monoisotopic (exact) mass is 118 g/mol. The summed E-state index contributed by atoms with van der Waals surface area (Å²) < 4.78 is 0. The lowest BCUT2D eigenvalue weighted by Gasteiger charge is -1.87. The van der Waals surface area contributed by atoms with Crippen molar-refractivity contribution < 1.29 is 0 Å². The van der Waals surface area contributed by atoms with Gasteiger partial charge in [-0.3, -0.25) is 0 Å². The van der Waals surface area contributed by atoms with E-state index in [1.807, 2.05) is 30.3 Å². The molecule has 1 aromatic rings. The highest BCUT2D eigenvalue weighted by Gasteiger charge is 1.85. The number of para-hydroxylation sites is 1. The lowest BCUT2D eigenvalue weighted by molar-refractivity contribution is 1.58. The summed E-state index contributed by atoms with van der Waals surface area (Å²) in [6.45, 7) is 6.45. The summed E-state index contributed by atoms with van der Waals surface area (Å²) >= 11 is 0. The standard InChI is InChI=1S/C7H6N2/c1-8-9-7-5-3-2-4-6-7/h2-6,9H. The highest BCUT2D eigenvalue weighted by molar-refractivity contribution is 5.43. The van der Waals surface area contributed by atoms with E-state index in [1.54, 1.807) is 0 Å². The van der Waals surface area contributed by atoms with Crippen LogP contribution in [0.25, 0.3) is 4.95 Å². The molecule has 0 unspecified atom stereocenters. The van der Waals surface area contributed by atoms with Crippen LogP contribution in [0.15, 0.2) is 30.3 Å². The van der Waals surface area contributed by atoms with Crippen LogP contribution in [0.3, 0.4) is 0 Å². The first-order chi connectivity index (χ1) is 4.43. The summed E-state index contributed by atoms with van der Waals surface area (Å²) in [6, 6.07) is 9.37. The summed E-state index contributed by atoms with van der Waals surface area (Å²) in [5, 5.41) is 0. The maximum atomic E-state index is 6.45. The zero-order valence-corrected chi connectivity index (χ0v) is 4.83. The number of nitrogens with one attached hydrogen (secondary N) is 1. The Bertz CT molecular complexity index is 210. The second-order valence-electron chi connectivity index (χ2n) is 1.59. The van der Waals surface area contributed by atoms with E-state index in [4.69, 9.17) is 6.57 Å². The molecule has 9 heavy (non-hydrogen) atoms. The Morgan fingerprint density at radius 2 is 1.89 bits per heavy atom. The highest BCUT2D eigenvalue weighted by atomic mass is 15.2. The Labute approximate surface area is 53.9 Å². The zero-order valence-electron chi connectivity index (χ0n) is 4.83. The van der Waals surface area contributed by atoms with Crippen LogP contribution in [0.5, 0.6) is 0 Å². The smallest absolute Gasteiger partial charge is 0.110 e. The van der Waals surface area contributed by atoms with Gasteiger partial charge in [0.05, 0.1) is 0 Å². The van der Waals surface area contributed by atoms with Crippen LogP contribution >= 0.6 is 0 Å². The maximum absolute atomic E-state index is 6.45. The quantitative estimate of drug-likeness (QED) is 0.440. The molecule has 0 saturated carbocycles. The largest absolute Gasteiger partial charge is 0.184 e. The average molecular weight is 118 g/mol. The van der Waals surface area contributed by atoms with Crippen LogP contribution in [0.1, 0.15) is 0 Å². The summed E-state index contributed by atoms with van der Waals surface area (Å²) in [7, 11) is 0. The van der Waals surface area contributed by atoms with Gasteiger partial charge in [-0.1, -0.05) is 23.6 Å². The molecule has 1 N–H and O–H groups in total. The molecule has 0 radical (unpaired) electrons. The molecule has 1 aromatic carbocycles.